The highest BCUT2D eigenvalue weighted by molar-refractivity contribution is 6.30. The molecule has 1 aliphatic rings. The Kier molecular flexibility index (Phi) is 5.34. The van der Waals surface area contributed by atoms with Crippen LogP contribution in [0.1, 0.15) is 50.5 Å². The minimum absolute atomic E-state index is 0.703. The van der Waals surface area contributed by atoms with Gasteiger partial charge in [-0.3, -0.25) is 0 Å². The molecule has 0 amide bonds. The van der Waals surface area contributed by atoms with E-state index in [9.17, 15) is 0 Å². The van der Waals surface area contributed by atoms with Crippen LogP contribution in [0.15, 0.2) is 24.3 Å². The maximum absolute atomic E-state index is 5.99. The minimum Gasteiger partial charge on any atom is -0.310 e. The van der Waals surface area contributed by atoms with Crippen molar-refractivity contribution in [2.24, 2.45) is 0 Å². The van der Waals surface area contributed by atoms with E-state index in [2.05, 4.69) is 17.4 Å². The molecular formula is C15H22ClN. The Balaban J connectivity index is 1.79. The van der Waals surface area contributed by atoms with Gasteiger partial charge in [0.05, 0.1) is 0 Å². The van der Waals surface area contributed by atoms with Gasteiger partial charge in [0.25, 0.3) is 0 Å². The van der Waals surface area contributed by atoms with E-state index in [-0.39, 0.29) is 0 Å². The van der Waals surface area contributed by atoms with E-state index in [1.165, 1.54) is 50.5 Å². The van der Waals surface area contributed by atoms with Gasteiger partial charge in [0.2, 0.25) is 0 Å². The first-order valence-electron chi connectivity index (χ1n) is 6.82. The van der Waals surface area contributed by atoms with Crippen molar-refractivity contribution in [2.45, 2.75) is 57.5 Å². The smallest absolute Gasteiger partial charge is 0.0409 e. The van der Waals surface area contributed by atoms with Gasteiger partial charge in [-0.1, -0.05) is 55.8 Å². The Bertz CT molecular complexity index is 329. The quantitative estimate of drug-likeness (QED) is 0.832. The van der Waals surface area contributed by atoms with Crippen LogP contribution < -0.4 is 5.32 Å². The molecule has 0 aliphatic heterocycles. The van der Waals surface area contributed by atoms with Crippen LogP contribution in [0, 0.1) is 0 Å². The molecule has 0 saturated heterocycles. The molecule has 0 heterocycles. The first kappa shape index (κ1) is 12.9. The zero-order valence-electron chi connectivity index (χ0n) is 10.4. The van der Waals surface area contributed by atoms with Crippen LogP contribution in [0.4, 0.5) is 0 Å². The number of rotatable bonds is 3. The van der Waals surface area contributed by atoms with Crippen molar-refractivity contribution < 1.29 is 0 Å². The highest BCUT2D eigenvalue weighted by Crippen LogP contribution is 2.18. The van der Waals surface area contributed by atoms with Crippen LogP contribution in [-0.4, -0.2) is 6.04 Å². The largest absolute Gasteiger partial charge is 0.310 e. The maximum atomic E-state index is 5.99. The predicted octanol–water partition coefficient (Wildman–Crippen LogP) is 4.54. The normalized spacial score (nSPS) is 18.6. The molecule has 0 unspecified atom stereocenters. The maximum Gasteiger partial charge on any atom is 0.0409 e. The lowest BCUT2D eigenvalue weighted by Crippen LogP contribution is -2.29. The zero-order valence-corrected chi connectivity index (χ0v) is 11.2. The third-order valence-electron chi connectivity index (χ3n) is 3.59. The van der Waals surface area contributed by atoms with Crippen LogP contribution in [0.2, 0.25) is 5.02 Å². The summed E-state index contributed by atoms with van der Waals surface area (Å²) < 4.78 is 0. The average Bonchev–Trinajstić information content (AvgIpc) is 2.27. The summed E-state index contributed by atoms with van der Waals surface area (Å²) in [7, 11) is 0. The van der Waals surface area contributed by atoms with E-state index in [0.29, 0.717) is 6.04 Å². The SMILES string of the molecule is Clc1cccc(CNC2CCCCCCC2)c1. The van der Waals surface area contributed by atoms with E-state index in [4.69, 9.17) is 11.6 Å². The Morgan fingerprint density at radius 1 is 1.06 bits per heavy atom. The lowest BCUT2D eigenvalue weighted by atomic mass is 9.96. The Labute approximate surface area is 110 Å². The van der Waals surface area contributed by atoms with E-state index in [0.717, 1.165) is 11.6 Å². The van der Waals surface area contributed by atoms with Gasteiger partial charge >= 0.3 is 0 Å². The summed E-state index contributed by atoms with van der Waals surface area (Å²) in [5.74, 6) is 0. The number of hydrogen-bond acceptors (Lipinski definition) is 1. The van der Waals surface area contributed by atoms with Crippen molar-refractivity contribution in [1.29, 1.82) is 0 Å². The van der Waals surface area contributed by atoms with Crippen molar-refractivity contribution in [3.8, 4) is 0 Å². The lowest BCUT2D eigenvalue weighted by molar-refractivity contribution is 0.389. The fraction of sp³-hybridized carbons (Fsp3) is 0.600. The molecule has 1 nitrogen and oxygen atoms in total. The Morgan fingerprint density at radius 2 is 1.76 bits per heavy atom. The van der Waals surface area contributed by atoms with Crippen LogP contribution >= 0.6 is 11.6 Å². The second-order valence-electron chi connectivity index (χ2n) is 5.05. The molecule has 1 aromatic rings. The molecule has 94 valence electrons. The molecule has 1 N–H and O–H groups in total. The summed E-state index contributed by atoms with van der Waals surface area (Å²) in [4.78, 5) is 0. The van der Waals surface area contributed by atoms with Gasteiger partial charge < -0.3 is 5.32 Å². The summed E-state index contributed by atoms with van der Waals surface area (Å²) >= 11 is 5.99. The Hall–Kier alpha value is -0.530. The van der Waals surface area contributed by atoms with Gasteiger partial charge in [-0.05, 0) is 30.5 Å². The molecular weight excluding hydrogens is 230 g/mol. The van der Waals surface area contributed by atoms with Gasteiger partial charge in [-0.15, -0.1) is 0 Å². The standard InChI is InChI=1S/C15H22ClN/c16-14-8-6-7-13(11-14)12-17-15-9-4-2-1-3-5-10-15/h6-8,11,15,17H,1-5,9-10,12H2. The van der Waals surface area contributed by atoms with Gasteiger partial charge in [0, 0.05) is 17.6 Å². The molecule has 17 heavy (non-hydrogen) atoms. The van der Waals surface area contributed by atoms with Crippen molar-refractivity contribution in [3.63, 3.8) is 0 Å². The molecule has 0 radical (unpaired) electrons. The molecule has 1 aliphatic carbocycles. The first-order valence-corrected chi connectivity index (χ1v) is 7.20. The molecule has 0 aromatic heterocycles. The summed E-state index contributed by atoms with van der Waals surface area (Å²) in [5, 5.41) is 4.51. The predicted molar refractivity (Wildman–Crippen MR) is 74.4 cm³/mol. The van der Waals surface area contributed by atoms with E-state index >= 15 is 0 Å². The first-order chi connectivity index (χ1) is 8.34. The van der Waals surface area contributed by atoms with Crippen LogP contribution in [0.3, 0.4) is 0 Å². The van der Waals surface area contributed by atoms with Crippen molar-refractivity contribution in [1.82, 2.24) is 5.32 Å². The fourth-order valence-corrected chi connectivity index (χ4v) is 2.78. The molecule has 0 bridgehead atoms. The van der Waals surface area contributed by atoms with Gasteiger partial charge in [0.1, 0.15) is 0 Å². The van der Waals surface area contributed by atoms with Gasteiger partial charge in [-0.2, -0.15) is 0 Å². The number of benzene rings is 1. The molecule has 1 fully saturated rings. The molecule has 2 rings (SSSR count). The van der Waals surface area contributed by atoms with Gasteiger partial charge in [0.15, 0.2) is 0 Å². The summed E-state index contributed by atoms with van der Waals surface area (Å²) in [6.45, 7) is 0.950. The monoisotopic (exact) mass is 251 g/mol. The molecule has 0 spiro atoms. The zero-order chi connectivity index (χ0) is 11.9. The summed E-state index contributed by atoms with van der Waals surface area (Å²) in [6, 6.07) is 8.85. The van der Waals surface area contributed by atoms with Crippen LogP contribution in [0.5, 0.6) is 0 Å². The minimum atomic E-state index is 0.703. The van der Waals surface area contributed by atoms with E-state index in [1.807, 2.05) is 12.1 Å². The second kappa shape index (κ2) is 7.03. The number of halogens is 1. The summed E-state index contributed by atoms with van der Waals surface area (Å²) in [6.07, 6.45) is 9.69. The third-order valence-corrected chi connectivity index (χ3v) is 3.82. The lowest BCUT2D eigenvalue weighted by Gasteiger charge is -2.21. The number of hydrogen-bond donors (Lipinski definition) is 1. The molecule has 2 heteroatoms. The molecule has 1 saturated carbocycles. The van der Waals surface area contributed by atoms with Crippen LogP contribution in [0.25, 0.3) is 0 Å². The number of nitrogens with one attached hydrogen (secondary N) is 1. The topological polar surface area (TPSA) is 12.0 Å². The summed E-state index contributed by atoms with van der Waals surface area (Å²) in [5.41, 5.74) is 1.29. The Morgan fingerprint density at radius 3 is 2.47 bits per heavy atom. The van der Waals surface area contributed by atoms with Crippen molar-refractivity contribution in [3.05, 3.63) is 34.9 Å². The average molecular weight is 252 g/mol. The fourth-order valence-electron chi connectivity index (χ4n) is 2.57. The van der Waals surface area contributed by atoms with Crippen molar-refractivity contribution in [2.75, 3.05) is 0 Å². The van der Waals surface area contributed by atoms with Crippen molar-refractivity contribution >= 4 is 11.6 Å². The third kappa shape index (κ3) is 4.69. The highest BCUT2D eigenvalue weighted by Gasteiger charge is 2.10. The molecule has 0 atom stereocenters. The van der Waals surface area contributed by atoms with Crippen LogP contribution in [-0.2, 0) is 6.54 Å². The molecule has 1 aromatic carbocycles. The van der Waals surface area contributed by atoms with E-state index in [1.54, 1.807) is 0 Å². The second-order valence-corrected chi connectivity index (χ2v) is 5.49. The van der Waals surface area contributed by atoms with E-state index < -0.39 is 0 Å². The highest BCUT2D eigenvalue weighted by atomic mass is 35.5. The van der Waals surface area contributed by atoms with Gasteiger partial charge in [-0.25, -0.2) is 0 Å².